The summed E-state index contributed by atoms with van der Waals surface area (Å²) in [6.07, 6.45) is 0. The minimum absolute atomic E-state index is 0.0196. The zero-order valence-electron chi connectivity index (χ0n) is 15.3. The Hall–Kier alpha value is -1.85. The Kier molecular flexibility index (Phi) is 6.33. The van der Waals surface area contributed by atoms with Gasteiger partial charge in [-0.2, -0.15) is 0 Å². The molecule has 0 N–H and O–H groups in total. The lowest BCUT2D eigenvalue weighted by atomic mass is 10.1. The van der Waals surface area contributed by atoms with Crippen LogP contribution >= 0.6 is 11.8 Å². The Labute approximate surface area is 159 Å². The first-order valence-corrected chi connectivity index (χ1v) is 10.0. The normalized spacial score (nSPS) is 17.3. The first-order chi connectivity index (χ1) is 12.5. The summed E-state index contributed by atoms with van der Waals surface area (Å²) < 4.78 is 13.2. The molecule has 3 nitrogen and oxygen atoms in total. The van der Waals surface area contributed by atoms with Gasteiger partial charge in [0.1, 0.15) is 11.2 Å². The number of thioether (sulfide) groups is 1. The van der Waals surface area contributed by atoms with E-state index >= 15 is 0 Å². The molecule has 2 aromatic rings. The average molecular weight is 373 g/mol. The zero-order valence-corrected chi connectivity index (χ0v) is 16.1. The van der Waals surface area contributed by atoms with E-state index in [0.717, 1.165) is 24.4 Å². The SMILES string of the molecule is CC(C)N(CC(=O)N1CCS[C@@H]1c1ccc(F)cc1)Cc1ccccc1. The van der Waals surface area contributed by atoms with Crippen molar-refractivity contribution in [2.24, 2.45) is 0 Å². The Morgan fingerprint density at radius 1 is 1.19 bits per heavy atom. The van der Waals surface area contributed by atoms with Crippen LogP contribution < -0.4 is 0 Å². The van der Waals surface area contributed by atoms with Gasteiger partial charge < -0.3 is 4.90 Å². The van der Waals surface area contributed by atoms with Crippen LogP contribution in [0.5, 0.6) is 0 Å². The molecule has 0 radical (unpaired) electrons. The fourth-order valence-corrected chi connectivity index (χ4v) is 4.41. The summed E-state index contributed by atoms with van der Waals surface area (Å²) in [6, 6.07) is 17.0. The van der Waals surface area contributed by atoms with E-state index in [1.165, 1.54) is 17.7 Å². The third-order valence-electron chi connectivity index (χ3n) is 4.66. The van der Waals surface area contributed by atoms with Crippen LogP contribution in [0.15, 0.2) is 54.6 Å². The van der Waals surface area contributed by atoms with Crippen LogP contribution in [-0.4, -0.2) is 40.6 Å². The van der Waals surface area contributed by atoms with Crippen molar-refractivity contribution in [1.82, 2.24) is 9.80 Å². The van der Waals surface area contributed by atoms with E-state index < -0.39 is 0 Å². The van der Waals surface area contributed by atoms with Gasteiger partial charge in [-0.05, 0) is 37.1 Å². The van der Waals surface area contributed by atoms with Gasteiger partial charge in [-0.25, -0.2) is 4.39 Å². The number of hydrogen-bond donors (Lipinski definition) is 0. The van der Waals surface area contributed by atoms with Gasteiger partial charge in [-0.3, -0.25) is 9.69 Å². The maximum Gasteiger partial charge on any atom is 0.237 e. The highest BCUT2D eigenvalue weighted by Gasteiger charge is 2.31. The van der Waals surface area contributed by atoms with Gasteiger partial charge in [-0.1, -0.05) is 42.5 Å². The Morgan fingerprint density at radius 2 is 1.88 bits per heavy atom. The predicted octanol–water partition coefficient (Wildman–Crippen LogP) is 4.31. The fourth-order valence-electron chi connectivity index (χ4n) is 3.13. The van der Waals surface area contributed by atoms with E-state index in [9.17, 15) is 9.18 Å². The number of nitrogens with zero attached hydrogens (tertiary/aromatic N) is 2. The van der Waals surface area contributed by atoms with Crippen LogP contribution in [0.1, 0.15) is 30.3 Å². The predicted molar refractivity (Wildman–Crippen MR) is 105 cm³/mol. The second-order valence-corrected chi connectivity index (χ2v) is 8.03. The summed E-state index contributed by atoms with van der Waals surface area (Å²) >= 11 is 1.74. The number of benzene rings is 2. The van der Waals surface area contributed by atoms with E-state index in [0.29, 0.717) is 6.54 Å². The number of hydrogen-bond acceptors (Lipinski definition) is 3. The third-order valence-corrected chi connectivity index (χ3v) is 5.92. The second kappa shape index (κ2) is 8.69. The molecule has 0 unspecified atom stereocenters. The Morgan fingerprint density at radius 3 is 2.54 bits per heavy atom. The van der Waals surface area contributed by atoms with Gasteiger partial charge >= 0.3 is 0 Å². The van der Waals surface area contributed by atoms with Crippen LogP contribution in [-0.2, 0) is 11.3 Å². The molecule has 1 atom stereocenters. The molecule has 0 aromatic heterocycles. The van der Waals surface area contributed by atoms with Crippen molar-refractivity contribution in [1.29, 1.82) is 0 Å². The molecule has 0 spiro atoms. The summed E-state index contributed by atoms with van der Waals surface area (Å²) in [5.74, 6) is 0.797. The van der Waals surface area contributed by atoms with Crippen molar-refractivity contribution >= 4 is 17.7 Å². The van der Waals surface area contributed by atoms with Gasteiger partial charge in [0, 0.05) is 24.9 Å². The molecule has 5 heteroatoms. The van der Waals surface area contributed by atoms with E-state index in [-0.39, 0.29) is 23.1 Å². The number of halogens is 1. The van der Waals surface area contributed by atoms with E-state index in [2.05, 4.69) is 30.9 Å². The summed E-state index contributed by atoms with van der Waals surface area (Å²) in [5.41, 5.74) is 2.20. The van der Waals surface area contributed by atoms with Gasteiger partial charge in [0.2, 0.25) is 5.91 Å². The van der Waals surface area contributed by atoms with E-state index in [1.807, 2.05) is 23.1 Å². The van der Waals surface area contributed by atoms with Crippen molar-refractivity contribution in [2.45, 2.75) is 31.8 Å². The summed E-state index contributed by atoms with van der Waals surface area (Å²) in [4.78, 5) is 17.1. The second-order valence-electron chi connectivity index (χ2n) is 6.85. The smallest absolute Gasteiger partial charge is 0.237 e. The van der Waals surface area contributed by atoms with Crippen molar-refractivity contribution in [3.05, 3.63) is 71.5 Å². The molecule has 0 aliphatic carbocycles. The topological polar surface area (TPSA) is 23.6 Å². The number of carbonyl (C=O) groups excluding carboxylic acids is 1. The highest BCUT2D eigenvalue weighted by atomic mass is 32.2. The largest absolute Gasteiger partial charge is 0.325 e. The van der Waals surface area contributed by atoms with Crippen LogP contribution in [0.4, 0.5) is 4.39 Å². The van der Waals surface area contributed by atoms with Gasteiger partial charge in [-0.15, -0.1) is 11.8 Å². The van der Waals surface area contributed by atoms with E-state index in [4.69, 9.17) is 0 Å². The molecule has 2 aromatic carbocycles. The molecular weight excluding hydrogens is 347 g/mol. The quantitative estimate of drug-likeness (QED) is 0.755. The molecule has 1 amide bonds. The molecule has 1 aliphatic heterocycles. The van der Waals surface area contributed by atoms with Crippen molar-refractivity contribution in [3.63, 3.8) is 0 Å². The molecule has 0 bridgehead atoms. The first-order valence-electron chi connectivity index (χ1n) is 8.99. The highest BCUT2D eigenvalue weighted by molar-refractivity contribution is 7.99. The lowest BCUT2D eigenvalue weighted by Gasteiger charge is -2.30. The van der Waals surface area contributed by atoms with Gasteiger partial charge in [0.05, 0.1) is 6.54 Å². The molecular formula is C21H25FN2OS. The highest BCUT2D eigenvalue weighted by Crippen LogP contribution is 2.38. The monoisotopic (exact) mass is 372 g/mol. The van der Waals surface area contributed by atoms with Crippen LogP contribution in [0, 0.1) is 5.82 Å². The van der Waals surface area contributed by atoms with Gasteiger partial charge in [0.25, 0.3) is 0 Å². The molecule has 1 aliphatic rings. The standard InChI is InChI=1S/C21H25FN2OS/c1-16(2)23(14-17-6-4-3-5-7-17)15-20(25)24-12-13-26-21(24)18-8-10-19(22)11-9-18/h3-11,16,21H,12-15H2,1-2H3/t21-/m1/s1. The summed E-state index contributed by atoms with van der Waals surface area (Å²) in [6.45, 7) is 6.12. The molecule has 1 heterocycles. The fraction of sp³-hybridized carbons (Fsp3) is 0.381. The zero-order chi connectivity index (χ0) is 18.5. The van der Waals surface area contributed by atoms with Crippen LogP contribution in [0.25, 0.3) is 0 Å². The Balaban J connectivity index is 1.69. The third kappa shape index (κ3) is 4.65. The molecule has 26 heavy (non-hydrogen) atoms. The van der Waals surface area contributed by atoms with E-state index in [1.54, 1.807) is 23.9 Å². The lowest BCUT2D eigenvalue weighted by molar-refractivity contribution is -0.133. The molecule has 0 saturated carbocycles. The number of amides is 1. The minimum Gasteiger partial charge on any atom is -0.325 e. The summed E-state index contributed by atoms with van der Waals surface area (Å²) in [7, 11) is 0. The Bertz CT molecular complexity index is 721. The maximum atomic E-state index is 13.2. The summed E-state index contributed by atoms with van der Waals surface area (Å²) in [5, 5.41) is -0.0196. The van der Waals surface area contributed by atoms with Crippen molar-refractivity contribution in [2.75, 3.05) is 18.8 Å². The van der Waals surface area contributed by atoms with Crippen LogP contribution in [0.3, 0.4) is 0 Å². The minimum atomic E-state index is -0.247. The molecule has 1 fully saturated rings. The van der Waals surface area contributed by atoms with Crippen molar-refractivity contribution < 1.29 is 9.18 Å². The number of rotatable bonds is 6. The van der Waals surface area contributed by atoms with Crippen molar-refractivity contribution in [3.8, 4) is 0 Å². The molecule has 138 valence electrons. The number of carbonyl (C=O) groups is 1. The van der Waals surface area contributed by atoms with Gasteiger partial charge in [0.15, 0.2) is 0 Å². The maximum absolute atomic E-state index is 13.2. The average Bonchev–Trinajstić information content (AvgIpc) is 3.12. The van der Waals surface area contributed by atoms with Crippen LogP contribution in [0.2, 0.25) is 0 Å². The molecule has 3 rings (SSSR count). The lowest BCUT2D eigenvalue weighted by Crippen LogP contribution is -2.42. The first kappa shape index (κ1) is 18.9. The molecule has 1 saturated heterocycles.